The second kappa shape index (κ2) is 5.27. The van der Waals surface area contributed by atoms with Crippen LogP contribution in [0.25, 0.3) is 10.2 Å². The summed E-state index contributed by atoms with van der Waals surface area (Å²) in [5.74, 6) is 0. The van der Waals surface area contributed by atoms with E-state index < -0.39 is 0 Å². The summed E-state index contributed by atoms with van der Waals surface area (Å²) in [5, 5.41) is 5.35. The molecular weight excluding hydrogens is 278 g/mol. The average molecular weight is 296 g/mol. The summed E-state index contributed by atoms with van der Waals surface area (Å²) in [5.41, 5.74) is 0.987. The SMILES string of the molecule is CC1CC(Nc2nc3cccc(Cl)c3s2)CCN1C. The van der Waals surface area contributed by atoms with Crippen LogP contribution >= 0.6 is 22.9 Å². The third-order valence-electron chi connectivity index (χ3n) is 3.90. The van der Waals surface area contributed by atoms with Crippen LogP contribution in [0.2, 0.25) is 5.02 Å². The highest BCUT2D eigenvalue weighted by atomic mass is 35.5. The van der Waals surface area contributed by atoms with Gasteiger partial charge in [-0.1, -0.05) is 29.0 Å². The molecule has 1 fully saturated rings. The van der Waals surface area contributed by atoms with E-state index in [0.29, 0.717) is 12.1 Å². The topological polar surface area (TPSA) is 28.2 Å². The number of halogens is 1. The van der Waals surface area contributed by atoms with Gasteiger partial charge in [-0.3, -0.25) is 0 Å². The van der Waals surface area contributed by atoms with Crippen LogP contribution in [0.1, 0.15) is 19.8 Å². The number of piperidine rings is 1. The Balaban J connectivity index is 1.77. The summed E-state index contributed by atoms with van der Waals surface area (Å²) in [6, 6.07) is 7.03. The standard InChI is InChI=1S/C14H18ClN3S/c1-9-8-10(6-7-18(9)2)16-14-17-12-5-3-4-11(15)13(12)19-14/h3-5,9-10H,6-8H2,1-2H3,(H,16,17). The van der Waals surface area contributed by atoms with Gasteiger partial charge in [-0.25, -0.2) is 4.98 Å². The van der Waals surface area contributed by atoms with E-state index in [4.69, 9.17) is 11.6 Å². The van der Waals surface area contributed by atoms with Gasteiger partial charge in [0.1, 0.15) is 0 Å². The maximum Gasteiger partial charge on any atom is 0.184 e. The number of anilines is 1. The Labute approximate surface area is 122 Å². The molecule has 3 rings (SSSR count). The van der Waals surface area contributed by atoms with E-state index in [1.165, 1.54) is 12.8 Å². The maximum absolute atomic E-state index is 6.19. The molecule has 19 heavy (non-hydrogen) atoms. The second-order valence-electron chi connectivity index (χ2n) is 5.30. The Hall–Kier alpha value is -0.840. The average Bonchev–Trinajstić information content (AvgIpc) is 2.78. The first-order valence-electron chi connectivity index (χ1n) is 6.65. The summed E-state index contributed by atoms with van der Waals surface area (Å²) in [4.78, 5) is 7.03. The van der Waals surface area contributed by atoms with E-state index in [-0.39, 0.29) is 0 Å². The molecule has 5 heteroatoms. The number of hydrogen-bond acceptors (Lipinski definition) is 4. The van der Waals surface area contributed by atoms with Gasteiger partial charge in [0.2, 0.25) is 0 Å². The summed E-state index contributed by atoms with van der Waals surface area (Å²) in [6.07, 6.45) is 2.34. The van der Waals surface area contributed by atoms with Gasteiger partial charge < -0.3 is 10.2 Å². The van der Waals surface area contributed by atoms with Gasteiger partial charge in [-0.05, 0) is 38.9 Å². The third kappa shape index (κ3) is 2.71. The number of thiazole rings is 1. The number of benzene rings is 1. The van der Waals surface area contributed by atoms with Crippen LogP contribution in [0.3, 0.4) is 0 Å². The van der Waals surface area contributed by atoms with E-state index in [9.17, 15) is 0 Å². The molecule has 0 saturated carbocycles. The Morgan fingerprint density at radius 1 is 1.47 bits per heavy atom. The number of nitrogens with zero attached hydrogens (tertiary/aromatic N) is 2. The van der Waals surface area contributed by atoms with Gasteiger partial charge in [-0.2, -0.15) is 0 Å². The van der Waals surface area contributed by atoms with Crippen LogP contribution in [0.5, 0.6) is 0 Å². The molecule has 0 radical (unpaired) electrons. The first kappa shape index (κ1) is 13.2. The summed E-state index contributed by atoms with van der Waals surface area (Å²) < 4.78 is 1.08. The quantitative estimate of drug-likeness (QED) is 0.912. The fraction of sp³-hybridized carbons (Fsp3) is 0.500. The zero-order valence-electron chi connectivity index (χ0n) is 11.2. The molecule has 1 saturated heterocycles. The van der Waals surface area contributed by atoms with E-state index in [2.05, 4.69) is 29.2 Å². The molecular formula is C14H18ClN3S. The predicted octanol–water partition coefficient (Wildman–Crippen LogP) is 3.84. The molecule has 2 atom stereocenters. The summed E-state index contributed by atoms with van der Waals surface area (Å²) in [6.45, 7) is 3.42. The molecule has 0 amide bonds. The van der Waals surface area contributed by atoms with Crippen molar-refractivity contribution in [1.29, 1.82) is 0 Å². The molecule has 0 bridgehead atoms. The number of rotatable bonds is 2. The van der Waals surface area contributed by atoms with E-state index >= 15 is 0 Å². The lowest BCUT2D eigenvalue weighted by Crippen LogP contribution is -2.42. The minimum absolute atomic E-state index is 0.519. The molecule has 102 valence electrons. The molecule has 1 N–H and O–H groups in total. The van der Waals surface area contributed by atoms with Gasteiger partial charge in [-0.15, -0.1) is 0 Å². The highest BCUT2D eigenvalue weighted by molar-refractivity contribution is 7.22. The van der Waals surface area contributed by atoms with Crippen molar-refractivity contribution < 1.29 is 0 Å². The molecule has 3 nitrogen and oxygen atoms in total. The number of likely N-dealkylation sites (tertiary alicyclic amines) is 1. The van der Waals surface area contributed by atoms with Crippen LogP contribution in [0.4, 0.5) is 5.13 Å². The van der Waals surface area contributed by atoms with Crippen molar-refractivity contribution in [3.8, 4) is 0 Å². The van der Waals surface area contributed by atoms with E-state index in [1.807, 2.05) is 18.2 Å². The Morgan fingerprint density at radius 2 is 2.32 bits per heavy atom. The van der Waals surface area contributed by atoms with Crippen LogP contribution in [-0.2, 0) is 0 Å². The van der Waals surface area contributed by atoms with Crippen LogP contribution in [-0.4, -0.2) is 35.6 Å². The Morgan fingerprint density at radius 3 is 3.05 bits per heavy atom. The van der Waals surface area contributed by atoms with Gasteiger partial charge in [0.05, 0.1) is 15.2 Å². The van der Waals surface area contributed by atoms with E-state index in [0.717, 1.165) is 26.9 Å². The highest BCUT2D eigenvalue weighted by Crippen LogP contribution is 2.32. The fourth-order valence-electron chi connectivity index (χ4n) is 2.57. The second-order valence-corrected chi connectivity index (χ2v) is 6.71. The van der Waals surface area contributed by atoms with Crippen molar-refractivity contribution >= 4 is 38.3 Å². The molecule has 1 aliphatic heterocycles. The fourth-order valence-corrected chi connectivity index (χ4v) is 3.80. The zero-order valence-corrected chi connectivity index (χ0v) is 12.8. The molecule has 2 aromatic rings. The van der Waals surface area contributed by atoms with Crippen molar-refractivity contribution in [2.24, 2.45) is 0 Å². The molecule has 2 unspecified atom stereocenters. The van der Waals surface area contributed by atoms with Crippen molar-refractivity contribution in [3.05, 3.63) is 23.2 Å². The largest absolute Gasteiger partial charge is 0.359 e. The number of hydrogen-bond donors (Lipinski definition) is 1. The number of nitrogens with one attached hydrogen (secondary N) is 1. The van der Waals surface area contributed by atoms with Crippen LogP contribution in [0.15, 0.2) is 18.2 Å². The predicted molar refractivity (Wildman–Crippen MR) is 83.4 cm³/mol. The highest BCUT2D eigenvalue weighted by Gasteiger charge is 2.23. The summed E-state index contributed by atoms with van der Waals surface area (Å²) in [7, 11) is 2.19. The Bertz CT molecular complexity index is 583. The number of fused-ring (bicyclic) bond motifs is 1. The first-order chi connectivity index (χ1) is 9.13. The lowest BCUT2D eigenvalue weighted by atomic mass is 9.99. The monoisotopic (exact) mass is 295 g/mol. The molecule has 2 heterocycles. The zero-order chi connectivity index (χ0) is 13.4. The van der Waals surface area contributed by atoms with Crippen molar-refractivity contribution in [3.63, 3.8) is 0 Å². The number of aromatic nitrogens is 1. The molecule has 1 aromatic heterocycles. The molecule has 1 aromatic carbocycles. The normalized spacial score (nSPS) is 24.8. The van der Waals surface area contributed by atoms with Gasteiger partial charge in [0.15, 0.2) is 5.13 Å². The molecule has 0 spiro atoms. The van der Waals surface area contributed by atoms with Gasteiger partial charge in [0, 0.05) is 18.6 Å². The maximum atomic E-state index is 6.19. The van der Waals surface area contributed by atoms with E-state index in [1.54, 1.807) is 11.3 Å². The van der Waals surface area contributed by atoms with Gasteiger partial charge >= 0.3 is 0 Å². The minimum Gasteiger partial charge on any atom is -0.359 e. The minimum atomic E-state index is 0.519. The van der Waals surface area contributed by atoms with Crippen LogP contribution < -0.4 is 5.32 Å². The smallest absolute Gasteiger partial charge is 0.184 e. The van der Waals surface area contributed by atoms with Gasteiger partial charge in [0.25, 0.3) is 0 Å². The van der Waals surface area contributed by atoms with Crippen LogP contribution in [0, 0.1) is 0 Å². The molecule has 1 aliphatic rings. The third-order valence-corrected chi connectivity index (χ3v) is 5.37. The molecule has 0 aliphatic carbocycles. The van der Waals surface area contributed by atoms with Crippen molar-refractivity contribution in [2.75, 3.05) is 18.9 Å². The van der Waals surface area contributed by atoms with Crippen molar-refractivity contribution in [1.82, 2.24) is 9.88 Å². The Kier molecular flexibility index (Phi) is 3.65. The lowest BCUT2D eigenvalue weighted by molar-refractivity contribution is 0.190. The summed E-state index contributed by atoms with van der Waals surface area (Å²) >= 11 is 7.84. The first-order valence-corrected chi connectivity index (χ1v) is 7.85. The lowest BCUT2D eigenvalue weighted by Gasteiger charge is -2.35. The van der Waals surface area contributed by atoms with Crippen molar-refractivity contribution in [2.45, 2.75) is 31.8 Å².